The number of hydrogen-bond donors (Lipinski definition) is 0. The minimum Gasteiger partial charge on any atom is -0.354 e. The molecule has 2 aromatic heterocycles. The van der Waals surface area contributed by atoms with Crippen LogP contribution in [0.2, 0.25) is 0 Å². The van der Waals surface area contributed by atoms with Crippen LogP contribution in [0.4, 0.5) is 0 Å². The fourth-order valence-electron chi connectivity index (χ4n) is 2.32. The molecule has 2 unspecified atom stereocenters. The molecular formula is C12H13N5O. The summed E-state index contributed by atoms with van der Waals surface area (Å²) in [5.41, 5.74) is 2.47. The first-order chi connectivity index (χ1) is 8.79. The zero-order chi connectivity index (χ0) is 12.5. The van der Waals surface area contributed by atoms with E-state index in [0.29, 0.717) is 6.42 Å². The fraction of sp³-hybridized carbons (Fsp3) is 0.500. The summed E-state index contributed by atoms with van der Waals surface area (Å²) in [7, 11) is 0. The molecule has 92 valence electrons. The standard InChI is InChI=1S/C12H13N5O/c1-8-11-12(15-6-14-8)17(7-16-11)10-3-2-9(18-10)4-5-13/h6-7,9-10H,2-4H2,1H3. The number of imidazole rings is 1. The maximum atomic E-state index is 8.68. The Balaban J connectivity index is 1.92. The number of ether oxygens (including phenoxy) is 1. The Labute approximate surface area is 104 Å². The third kappa shape index (κ3) is 1.73. The Hall–Kier alpha value is -2.00. The number of rotatable bonds is 2. The van der Waals surface area contributed by atoms with Gasteiger partial charge >= 0.3 is 0 Å². The average Bonchev–Trinajstić information content (AvgIpc) is 2.96. The molecule has 18 heavy (non-hydrogen) atoms. The zero-order valence-corrected chi connectivity index (χ0v) is 10.1. The molecule has 3 rings (SSSR count). The highest BCUT2D eigenvalue weighted by molar-refractivity contribution is 5.72. The van der Waals surface area contributed by atoms with Gasteiger partial charge in [0, 0.05) is 0 Å². The van der Waals surface area contributed by atoms with E-state index < -0.39 is 0 Å². The molecule has 2 atom stereocenters. The van der Waals surface area contributed by atoms with Crippen LogP contribution in [0.3, 0.4) is 0 Å². The van der Waals surface area contributed by atoms with E-state index in [-0.39, 0.29) is 12.3 Å². The van der Waals surface area contributed by atoms with E-state index in [2.05, 4.69) is 21.0 Å². The Morgan fingerprint density at radius 2 is 2.33 bits per heavy atom. The highest BCUT2D eigenvalue weighted by Crippen LogP contribution is 2.31. The predicted octanol–water partition coefficient (Wildman–Crippen LogP) is 1.73. The average molecular weight is 243 g/mol. The maximum absolute atomic E-state index is 8.68. The molecule has 0 amide bonds. The maximum Gasteiger partial charge on any atom is 0.165 e. The molecule has 1 aliphatic rings. The number of hydrogen-bond acceptors (Lipinski definition) is 5. The van der Waals surface area contributed by atoms with Crippen LogP contribution < -0.4 is 0 Å². The topological polar surface area (TPSA) is 76.6 Å². The van der Waals surface area contributed by atoms with Gasteiger partial charge in [-0.1, -0.05) is 0 Å². The van der Waals surface area contributed by atoms with Crippen molar-refractivity contribution in [3.63, 3.8) is 0 Å². The van der Waals surface area contributed by atoms with Crippen LogP contribution in [-0.2, 0) is 4.74 Å². The van der Waals surface area contributed by atoms with E-state index in [0.717, 1.165) is 29.7 Å². The highest BCUT2D eigenvalue weighted by Gasteiger charge is 2.27. The summed E-state index contributed by atoms with van der Waals surface area (Å²) >= 11 is 0. The van der Waals surface area contributed by atoms with Gasteiger partial charge in [0.15, 0.2) is 5.65 Å². The molecular weight excluding hydrogens is 230 g/mol. The lowest BCUT2D eigenvalue weighted by Gasteiger charge is -2.13. The summed E-state index contributed by atoms with van der Waals surface area (Å²) in [4.78, 5) is 12.7. The van der Waals surface area contributed by atoms with Gasteiger partial charge in [-0.25, -0.2) is 15.0 Å². The molecule has 1 aliphatic heterocycles. The molecule has 0 bridgehead atoms. The Morgan fingerprint density at radius 3 is 3.17 bits per heavy atom. The smallest absolute Gasteiger partial charge is 0.165 e. The van der Waals surface area contributed by atoms with Gasteiger partial charge in [-0.3, -0.25) is 4.57 Å². The van der Waals surface area contributed by atoms with Crippen molar-refractivity contribution in [3.8, 4) is 6.07 Å². The van der Waals surface area contributed by atoms with Crippen molar-refractivity contribution in [1.29, 1.82) is 5.26 Å². The first kappa shape index (κ1) is 11.1. The minimum atomic E-state index is -0.0670. The van der Waals surface area contributed by atoms with E-state index in [4.69, 9.17) is 10.00 Å². The number of nitriles is 1. The van der Waals surface area contributed by atoms with Crippen LogP contribution in [0.25, 0.3) is 11.2 Å². The van der Waals surface area contributed by atoms with E-state index in [1.165, 1.54) is 6.33 Å². The first-order valence-corrected chi connectivity index (χ1v) is 5.96. The monoisotopic (exact) mass is 243 g/mol. The third-order valence-corrected chi connectivity index (χ3v) is 3.26. The molecule has 0 saturated carbocycles. The van der Waals surface area contributed by atoms with Gasteiger partial charge < -0.3 is 4.74 Å². The second-order valence-electron chi connectivity index (χ2n) is 4.44. The van der Waals surface area contributed by atoms with Gasteiger partial charge in [-0.2, -0.15) is 5.26 Å². The van der Waals surface area contributed by atoms with Crippen LogP contribution in [0.15, 0.2) is 12.7 Å². The summed E-state index contributed by atoms with van der Waals surface area (Å²) in [5, 5.41) is 8.68. The summed E-state index contributed by atoms with van der Waals surface area (Å²) in [6.07, 6.45) is 5.48. The molecule has 1 fully saturated rings. The Bertz CT molecular complexity index is 614. The Morgan fingerprint density at radius 1 is 1.44 bits per heavy atom. The molecule has 0 aliphatic carbocycles. The second-order valence-corrected chi connectivity index (χ2v) is 4.44. The molecule has 3 heterocycles. The third-order valence-electron chi connectivity index (χ3n) is 3.26. The van der Waals surface area contributed by atoms with Gasteiger partial charge in [-0.05, 0) is 19.8 Å². The molecule has 2 aromatic rings. The van der Waals surface area contributed by atoms with Gasteiger partial charge in [-0.15, -0.1) is 0 Å². The Kier molecular flexibility index (Phi) is 2.68. The number of fused-ring (bicyclic) bond motifs is 1. The van der Waals surface area contributed by atoms with Crippen molar-refractivity contribution in [2.24, 2.45) is 0 Å². The van der Waals surface area contributed by atoms with E-state index in [1.807, 2.05) is 11.5 Å². The van der Waals surface area contributed by atoms with Gasteiger partial charge in [0.25, 0.3) is 0 Å². The second kappa shape index (κ2) is 4.35. The summed E-state index contributed by atoms with van der Waals surface area (Å²) < 4.78 is 7.77. The molecule has 0 spiro atoms. The molecule has 6 heteroatoms. The molecule has 1 saturated heterocycles. The largest absolute Gasteiger partial charge is 0.354 e. The fourth-order valence-corrected chi connectivity index (χ4v) is 2.32. The first-order valence-electron chi connectivity index (χ1n) is 5.96. The lowest BCUT2D eigenvalue weighted by Crippen LogP contribution is -2.10. The molecule has 0 N–H and O–H groups in total. The van der Waals surface area contributed by atoms with Crippen LogP contribution in [0, 0.1) is 18.3 Å². The number of nitrogens with zero attached hydrogens (tertiary/aromatic N) is 5. The number of aryl methyl sites for hydroxylation is 1. The van der Waals surface area contributed by atoms with Crippen molar-refractivity contribution < 1.29 is 4.74 Å². The van der Waals surface area contributed by atoms with Crippen molar-refractivity contribution in [2.45, 2.75) is 38.5 Å². The van der Waals surface area contributed by atoms with E-state index >= 15 is 0 Å². The normalized spacial score (nSPS) is 23.3. The van der Waals surface area contributed by atoms with Crippen LogP contribution in [0.1, 0.15) is 31.2 Å². The van der Waals surface area contributed by atoms with Crippen LogP contribution in [-0.4, -0.2) is 25.6 Å². The molecule has 6 nitrogen and oxygen atoms in total. The van der Waals surface area contributed by atoms with Gasteiger partial charge in [0.05, 0.1) is 30.6 Å². The lowest BCUT2D eigenvalue weighted by molar-refractivity contribution is 0.00667. The summed E-state index contributed by atoms with van der Waals surface area (Å²) in [5.74, 6) is 0. The van der Waals surface area contributed by atoms with E-state index in [9.17, 15) is 0 Å². The predicted molar refractivity (Wildman–Crippen MR) is 63.4 cm³/mol. The van der Waals surface area contributed by atoms with Crippen LogP contribution >= 0.6 is 0 Å². The summed E-state index contributed by atoms with van der Waals surface area (Å²) in [6, 6.07) is 2.15. The van der Waals surface area contributed by atoms with Crippen molar-refractivity contribution in [3.05, 3.63) is 18.3 Å². The van der Waals surface area contributed by atoms with Crippen molar-refractivity contribution >= 4 is 11.2 Å². The van der Waals surface area contributed by atoms with Gasteiger partial charge in [0.2, 0.25) is 0 Å². The van der Waals surface area contributed by atoms with Crippen molar-refractivity contribution in [2.75, 3.05) is 0 Å². The molecule has 0 aromatic carbocycles. The summed E-state index contributed by atoms with van der Waals surface area (Å²) in [6.45, 7) is 1.91. The molecule has 0 radical (unpaired) electrons. The minimum absolute atomic E-state index is 0.0281. The zero-order valence-electron chi connectivity index (χ0n) is 10.1. The number of aromatic nitrogens is 4. The SMILES string of the molecule is Cc1ncnc2c1ncn2C1CCC(CC#N)O1. The highest BCUT2D eigenvalue weighted by atomic mass is 16.5. The lowest BCUT2D eigenvalue weighted by atomic mass is 10.2. The van der Waals surface area contributed by atoms with E-state index in [1.54, 1.807) is 6.33 Å². The quantitative estimate of drug-likeness (QED) is 0.802. The van der Waals surface area contributed by atoms with Crippen molar-refractivity contribution in [1.82, 2.24) is 19.5 Å². The van der Waals surface area contributed by atoms with Gasteiger partial charge in [0.1, 0.15) is 18.1 Å². The van der Waals surface area contributed by atoms with Crippen LogP contribution in [0.5, 0.6) is 0 Å².